The van der Waals surface area contributed by atoms with E-state index >= 15 is 0 Å². The molecule has 1 fully saturated rings. The van der Waals surface area contributed by atoms with Gasteiger partial charge in [0.25, 0.3) is 0 Å². The van der Waals surface area contributed by atoms with Gasteiger partial charge in [-0.25, -0.2) is 0 Å². The Kier molecular flexibility index (Phi) is 7.11. The number of hydrogen-bond acceptors (Lipinski definition) is 4. The maximum absolute atomic E-state index is 12.8. The summed E-state index contributed by atoms with van der Waals surface area (Å²) >= 11 is 0. The first-order valence-corrected chi connectivity index (χ1v) is 9.56. The fourth-order valence-electron chi connectivity index (χ4n) is 3.23. The van der Waals surface area contributed by atoms with Gasteiger partial charge in [-0.1, -0.05) is 36.4 Å². The van der Waals surface area contributed by atoms with Gasteiger partial charge >= 0.3 is 0 Å². The molecule has 1 unspecified atom stereocenters. The van der Waals surface area contributed by atoms with Crippen LogP contribution in [0, 0.1) is 0 Å². The minimum absolute atomic E-state index is 0.0606. The standard InChI is InChI=1S/C22H27NO4/c24-21-12-5-4-8-18(21)16-23(17-20-11-6-14-27-20)22(25)13-7-15-26-19-9-2-1-3-10-19/h1-5,8-10,12,20,24H,6-7,11,13-17H2. The maximum Gasteiger partial charge on any atom is 0.223 e. The van der Waals surface area contributed by atoms with Crippen LogP contribution in [0.25, 0.3) is 0 Å². The third-order valence-electron chi connectivity index (χ3n) is 4.70. The topological polar surface area (TPSA) is 59.0 Å². The number of aromatic hydroxyl groups is 1. The van der Waals surface area contributed by atoms with Crippen LogP contribution in [0.3, 0.4) is 0 Å². The fourth-order valence-corrected chi connectivity index (χ4v) is 3.23. The van der Waals surface area contributed by atoms with Gasteiger partial charge in [-0.2, -0.15) is 0 Å². The Morgan fingerprint density at radius 1 is 1.15 bits per heavy atom. The van der Waals surface area contributed by atoms with Crippen LogP contribution in [0.1, 0.15) is 31.2 Å². The van der Waals surface area contributed by atoms with Crippen molar-refractivity contribution in [3.05, 3.63) is 60.2 Å². The van der Waals surface area contributed by atoms with E-state index in [-0.39, 0.29) is 17.8 Å². The number of carbonyl (C=O) groups is 1. The van der Waals surface area contributed by atoms with Crippen molar-refractivity contribution in [1.29, 1.82) is 0 Å². The molecule has 1 heterocycles. The van der Waals surface area contributed by atoms with Gasteiger partial charge in [-0.3, -0.25) is 4.79 Å². The number of amides is 1. The maximum atomic E-state index is 12.8. The Balaban J connectivity index is 1.53. The molecule has 0 saturated carbocycles. The Bertz CT molecular complexity index is 713. The smallest absolute Gasteiger partial charge is 0.223 e. The average Bonchev–Trinajstić information content (AvgIpc) is 3.20. The predicted molar refractivity (Wildman–Crippen MR) is 104 cm³/mol. The summed E-state index contributed by atoms with van der Waals surface area (Å²) < 4.78 is 11.4. The molecule has 1 N–H and O–H groups in total. The van der Waals surface area contributed by atoms with E-state index in [0.717, 1.165) is 30.8 Å². The van der Waals surface area contributed by atoms with Gasteiger partial charge in [-0.15, -0.1) is 0 Å². The molecule has 0 spiro atoms. The lowest BCUT2D eigenvalue weighted by molar-refractivity contribution is -0.133. The largest absolute Gasteiger partial charge is 0.508 e. The number of carbonyl (C=O) groups excluding carboxylic acids is 1. The Morgan fingerprint density at radius 3 is 2.67 bits per heavy atom. The normalized spacial score (nSPS) is 16.2. The Hall–Kier alpha value is -2.53. The summed E-state index contributed by atoms with van der Waals surface area (Å²) in [4.78, 5) is 14.6. The molecule has 1 aliphatic heterocycles. The first-order chi connectivity index (χ1) is 13.2. The Labute approximate surface area is 160 Å². The molecule has 0 radical (unpaired) electrons. The highest BCUT2D eigenvalue weighted by atomic mass is 16.5. The minimum Gasteiger partial charge on any atom is -0.508 e. The summed E-state index contributed by atoms with van der Waals surface area (Å²) in [7, 11) is 0. The molecule has 0 bridgehead atoms. The quantitative estimate of drug-likeness (QED) is 0.684. The lowest BCUT2D eigenvalue weighted by Gasteiger charge is -2.26. The predicted octanol–water partition coefficient (Wildman–Crippen LogP) is 3.76. The summed E-state index contributed by atoms with van der Waals surface area (Å²) in [6, 6.07) is 16.8. The third kappa shape index (κ3) is 6.00. The molecule has 27 heavy (non-hydrogen) atoms. The molecule has 1 aliphatic rings. The second-order valence-corrected chi connectivity index (χ2v) is 6.80. The molecule has 5 nitrogen and oxygen atoms in total. The van der Waals surface area contributed by atoms with E-state index in [1.54, 1.807) is 17.0 Å². The van der Waals surface area contributed by atoms with E-state index < -0.39 is 0 Å². The van der Waals surface area contributed by atoms with Gasteiger partial charge in [-0.05, 0) is 37.5 Å². The van der Waals surface area contributed by atoms with Crippen LogP contribution in [0.5, 0.6) is 11.5 Å². The van der Waals surface area contributed by atoms with E-state index in [2.05, 4.69) is 0 Å². The van der Waals surface area contributed by atoms with Crippen molar-refractivity contribution in [2.45, 2.75) is 38.3 Å². The van der Waals surface area contributed by atoms with Crippen molar-refractivity contribution in [3.8, 4) is 11.5 Å². The van der Waals surface area contributed by atoms with Crippen LogP contribution in [0.4, 0.5) is 0 Å². The average molecular weight is 369 g/mol. The molecular weight excluding hydrogens is 342 g/mol. The molecule has 0 aliphatic carbocycles. The molecule has 5 heteroatoms. The second-order valence-electron chi connectivity index (χ2n) is 6.80. The van der Waals surface area contributed by atoms with Crippen molar-refractivity contribution in [3.63, 3.8) is 0 Å². The molecular formula is C22H27NO4. The summed E-state index contributed by atoms with van der Waals surface area (Å²) in [6.45, 7) is 2.21. The van der Waals surface area contributed by atoms with E-state index in [4.69, 9.17) is 9.47 Å². The number of para-hydroxylation sites is 2. The van der Waals surface area contributed by atoms with Gasteiger partial charge in [0.2, 0.25) is 5.91 Å². The molecule has 0 aromatic heterocycles. The molecule has 1 amide bonds. The van der Waals surface area contributed by atoms with Gasteiger partial charge in [0.1, 0.15) is 11.5 Å². The van der Waals surface area contributed by atoms with Crippen molar-refractivity contribution >= 4 is 5.91 Å². The van der Waals surface area contributed by atoms with Gasteiger partial charge in [0.05, 0.1) is 12.7 Å². The van der Waals surface area contributed by atoms with Crippen molar-refractivity contribution in [1.82, 2.24) is 4.90 Å². The second kappa shape index (κ2) is 9.97. The Morgan fingerprint density at radius 2 is 1.93 bits per heavy atom. The van der Waals surface area contributed by atoms with E-state index in [0.29, 0.717) is 32.5 Å². The number of hydrogen-bond donors (Lipinski definition) is 1. The van der Waals surface area contributed by atoms with Crippen LogP contribution in [-0.4, -0.2) is 41.8 Å². The highest BCUT2D eigenvalue weighted by Gasteiger charge is 2.23. The number of rotatable bonds is 9. The summed E-state index contributed by atoms with van der Waals surface area (Å²) in [6.07, 6.45) is 3.15. The van der Waals surface area contributed by atoms with Crippen LogP contribution in [0.15, 0.2) is 54.6 Å². The zero-order valence-corrected chi connectivity index (χ0v) is 15.5. The monoisotopic (exact) mass is 369 g/mol. The molecule has 1 atom stereocenters. The lowest BCUT2D eigenvalue weighted by atomic mass is 10.1. The summed E-state index contributed by atoms with van der Waals surface area (Å²) in [5.41, 5.74) is 0.754. The summed E-state index contributed by atoms with van der Waals surface area (Å²) in [5.74, 6) is 1.09. The van der Waals surface area contributed by atoms with Gasteiger partial charge < -0.3 is 19.5 Å². The van der Waals surface area contributed by atoms with Crippen LogP contribution in [0.2, 0.25) is 0 Å². The zero-order chi connectivity index (χ0) is 18.9. The van der Waals surface area contributed by atoms with Crippen LogP contribution in [-0.2, 0) is 16.1 Å². The molecule has 1 saturated heterocycles. The molecule has 3 rings (SSSR count). The number of nitrogens with zero attached hydrogens (tertiary/aromatic N) is 1. The first-order valence-electron chi connectivity index (χ1n) is 9.56. The van der Waals surface area contributed by atoms with Gasteiger partial charge in [0.15, 0.2) is 0 Å². The van der Waals surface area contributed by atoms with E-state index in [1.807, 2.05) is 42.5 Å². The zero-order valence-electron chi connectivity index (χ0n) is 15.5. The molecule has 2 aromatic carbocycles. The fraction of sp³-hybridized carbons (Fsp3) is 0.409. The molecule has 144 valence electrons. The van der Waals surface area contributed by atoms with E-state index in [1.165, 1.54) is 0 Å². The SMILES string of the molecule is O=C(CCCOc1ccccc1)N(Cc1ccccc1O)CC1CCCO1. The highest BCUT2D eigenvalue weighted by molar-refractivity contribution is 5.76. The van der Waals surface area contributed by atoms with Gasteiger partial charge in [0, 0.05) is 31.7 Å². The minimum atomic E-state index is 0.0606. The highest BCUT2D eigenvalue weighted by Crippen LogP contribution is 2.21. The summed E-state index contributed by atoms with van der Waals surface area (Å²) in [5, 5.41) is 10.1. The lowest BCUT2D eigenvalue weighted by Crippen LogP contribution is -2.37. The number of phenolic OH excluding ortho intramolecular Hbond substituents is 1. The van der Waals surface area contributed by atoms with Crippen molar-refractivity contribution < 1.29 is 19.4 Å². The number of ether oxygens (including phenoxy) is 2. The van der Waals surface area contributed by atoms with Crippen LogP contribution >= 0.6 is 0 Å². The number of benzene rings is 2. The van der Waals surface area contributed by atoms with Crippen LogP contribution < -0.4 is 4.74 Å². The first kappa shape index (κ1) is 19.2. The third-order valence-corrected chi connectivity index (χ3v) is 4.70. The van der Waals surface area contributed by atoms with Crippen molar-refractivity contribution in [2.24, 2.45) is 0 Å². The number of phenols is 1. The molecule has 2 aromatic rings. The van der Waals surface area contributed by atoms with E-state index in [9.17, 15) is 9.90 Å². The van der Waals surface area contributed by atoms with Crippen molar-refractivity contribution in [2.75, 3.05) is 19.8 Å².